The number of hydrogen-bond acceptors (Lipinski definition) is 6. The molecule has 1 fully saturated rings. The van der Waals surface area contributed by atoms with Gasteiger partial charge < -0.3 is 24.4 Å². The average Bonchev–Trinajstić information content (AvgIpc) is 3.06. The minimum absolute atomic E-state index is 0.0459. The molecule has 0 aliphatic carbocycles. The number of aliphatic hydroxyl groups is 1. The predicted octanol–water partition coefficient (Wildman–Crippen LogP) is 3.25. The molecular formula is C25H30N2O5. The van der Waals surface area contributed by atoms with Crippen molar-refractivity contribution in [2.45, 2.75) is 19.4 Å². The highest BCUT2D eigenvalue weighted by Gasteiger charge is 2.47. The van der Waals surface area contributed by atoms with Gasteiger partial charge in [0.1, 0.15) is 5.76 Å². The van der Waals surface area contributed by atoms with Gasteiger partial charge in [-0.3, -0.25) is 9.59 Å². The quantitative estimate of drug-likeness (QED) is 0.387. The molecule has 2 aromatic rings. The molecule has 170 valence electrons. The molecule has 1 aliphatic heterocycles. The number of likely N-dealkylation sites (N-methyl/N-ethyl adjacent to an activating group) is 1. The van der Waals surface area contributed by atoms with Crippen LogP contribution in [-0.2, 0) is 16.0 Å². The van der Waals surface area contributed by atoms with Gasteiger partial charge in [0, 0.05) is 24.2 Å². The van der Waals surface area contributed by atoms with Gasteiger partial charge in [0.05, 0.1) is 25.8 Å². The molecule has 0 bridgehead atoms. The number of nitrogens with zero attached hydrogens (tertiary/aromatic N) is 2. The standard InChI is InChI=1S/C25H30N2O5/c1-6-16-10-12-17(13-11-16)22(28)20-21(18-8-7-9-19(31-4)24(18)32-5)27(15-14-26(2)3)25(30)23(20)29/h7-13,21,28H,6,14-15H2,1-5H3/b22-20+. The normalized spacial score (nSPS) is 17.8. The van der Waals surface area contributed by atoms with Crippen molar-refractivity contribution in [1.29, 1.82) is 0 Å². The number of ketones is 1. The Morgan fingerprint density at radius 2 is 1.75 bits per heavy atom. The Bertz CT molecular complexity index is 1030. The van der Waals surface area contributed by atoms with Crippen LogP contribution in [0.5, 0.6) is 11.5 Å². The summed E-state index contributed by atoms with van der Waals surface area (Å²) in [4.78, 5) is 29.6. The summed E-state index contributed by atoms with van der Waals surface area (Å²) in [7, 11) is 6.83. The van der Waals surface area contributed by atoms with Crippen molar-refractivity contribution in [1.82, 2.24) is 9.80 Å². The van der Waals surface area contributed by atoms with Crippen molar-refractivity contribution in [3.63, 3.8) is 0 Å². The minimum atomic E-state index is -0.800. The number of benzene rings is 2. The van der Waals surface area contributed by atoms with Gasteiger partial charge in [-0.15, -0.1) is 0 Å². The summed E-state index contributed by atoms with van der Waals surface area (Å²) in [6.07, 6.45) is 0.858. The number of rotatable bonds is 8. The number of hydrogen-bond donors (Lipinski definition) is 1. The molecule has 1 amide bonds. The predicted molar refractivity (Wildman–Crippen MR) is 123 cm³/mol. The number of likely N-dealkylation sites (tertiary alicyclic amines) is 1. The summed E-state index contributed by atoms with van der Waals surface area (Å²) in [6, 6.07) is 11.8. The lowest BCUT2D eigenvalue weighted by atomic mass is 9.94. The van der Waals surface area contributed by atoms with Crippen molar-refractivity contribution in [3.8, 4) is 11.5 Å². The largest absolute Gasteiger partial charge is 0.507 e. The number of Topliss-reactive ketones (excluding diaryl/α,β-unsaturated/α-hetero) is 1. The van der Waals surface area contributed by atoms with Crippen LogP contribution in [-0.4, -0.2) is 68.0 Å². The summed E-state index contributed by atoms with van der Waals surface area (Å²) in [5.74, 6) is -0.656. The molecule has 0 radical (unpaired) electrons. The van der Waals surface area contributed by atoms with Crippen LogP contribution >= 0.6 is 0 Å². The highest BCUT2D eigenvalue weighted by molar-refractivity contribution is 6.46. The molecular weight excluding hydrogens is 408 g/mol. The maximum Gasteiger partial charge on any atom is 0.295 e. The first-order valence-electron chi connectivity index (χ1n) is 10.6. The first-order chi connectivity index (χ1) is 15.3. The van der Waals surface area contributed by atoms with E-state index in [1.165, 1.54) is 19.1 Å². The van der Waals surface area contributed by atoms with Crippen LogP contribution in [0, 0.1) is 0 Å². The van der Waals surface area contributed by atoms with E-state index >= 15 is 0 Å². The van der Waals surface area contributed by atoms with Gasteiger partial charge in [-0.1, -0.05) is 43.3 Å². The van der Waals surface area contributed by atoms with E-state index in [1.54, 1.807) is 30.3 Å². The van der Waals surface area contributed by atoms with Gasteiger partial charge in [0.2, 0.25) is 0 Å². The molecule has 1 unspecified atom stereocenters. The van der Waals surface area contributed by atoms with E-state index in [-0.39, 0.29) is 11.3 Å². The van der Waals surface area contributed by atoms with E-state index in [1.807, 2.05) is 38.1 Å². The number of methoxy groups -OCH3 is 2. The summed E-state index contributed by atoms with van der Waals surface area (Å²) in [5, 5.41) is 11.2. The summed E-state index contributed by atoms with van der Waals surface area (Å²) in [6.45, 7) is 2.91. The fourth-order valence-electron chi connectivity index (χ4n) is 3.92. The minimum Gasteiger partial charge on any atom is -0.507 e. The van der Waals surface area contributed by atoms with E-state index in [0.29, 0.717) is 35.7 Å². The summed E-state index contributed by atoms with van der Waals surface area (Å²) >= 11 is 0. The highest BCUT2D eigenvalue weighted by Crippen LogP contribution is 2.45. The zero-order valence-corrected chi connectivity index (χ0v) is 19.2. The van der Waals surface area contributed by atoms with E-state index < -0.39 is 17.7 Å². The lowest BCUT2D eigenvalue weighted by Gasteiger charge is -2.28. The lowest BCUT2D eigenvalue weighted by Crippen LogP contribution is -2.35. The Kier molecular flexibility index (Phi) is 7.20. The summed E-state index contributed by atoms with van der Waals surface area (Å²) in [5.41, 5.74) is 2.22. The molecule has 0 saturated carbocycles. The van der Waals surface area contributed by atoms with E-state index in [0.717, 1.165) is 12.0 Å². The topological polar surface area (TPSA) is 79.3 Å². The van der Waals surface area contributed by atoms with Gasteiger partial charge in [0.15, 0.2) is 11.5 Å². The van der Waals surface area contributed by atoms with Crippen LogP contribution in [0.25, 0.3) is 5.76 Å². The van der Waals surface area contributed by atoms with Crippen LogP contribution in [0.1, 0.15) is 29.7 Å². The first-order valence-corrected chi connectivity index (χ1v) is 10.6. The molecule has 0 aromatic heterocycles. The molecule has 7 heteroatoms. The van der Waals surface area contributed by atoms with E-state index in [2.05, 4.69) is 0 Å². The van der Waals surface area contributed by atoms with Crippen molar-refractivity contribution >= 4 is 17.4 Å². The molecule has 3 rings (SSSR count). The van der Waals surface area contributed by atoms with Crippen LogP contribution < -0.4 is 9.47 Å². The average molecular weight is 439 g/mol. The van der Waals surface area contributed by atoms with Crippen molar-refractivity contribution in [3.05, 3.63) is 64.7 Å². The molecule has 1 atom stereocenters. The lowest BCUT2D eigenvalue weighted by molar-refractivity contribution is -0.140. The van der Waals surface area contributed by atoms with Crippen LogP contribution in [0.4, 0.5) is 0 Å². The molecule has 32 heavy (non-hydrogen) atoms. The second kappa shape index (κ2) is 9.87. The van der Waals surface area contributed by atoms with Crippen molar-refractivity contribution < 1.29 is 24.2 Å². The summed E-state index contributed by atoms with van der Waals surface area (Å²) < 4.78 is 11.0. The SMILES string of the molecule is CCc1ccc(/C(O)=C2\C(=O)C(=O)N(CCN(C)C)C2c2cccc(OC)c2OC)cc1. The Hall–Kier alpha value is -3.32. The van der Waals surface area contributed by atoms with Gasteiger partial charge in [-0.05, 0) is 32.1 Å². The second-order valence-electron chi connectivity index (χ2n) is 7.93. The number of aliphatic hydroxyl groups excluding tert-OH is 1. The Balaban J connectivity index is 2.22. The number of carbonyl (C=O) groups is 2. The molecule has 1 aliphatic rings. The van der Waals surface area contributed by atoms with Crippen LogP contribution in [0.15, 0.2) is 48.0 Å². The zero-order chi connectivity index (χ0) is 23.4. The highest BCUT2D eigenvalue weighted by atomic mass is 16.5. The molecule has 1 saturated heterocycles. The van der Waals surface area contributed by atoms with Gasteiger partial charge in [0.25, 0.3) is 11.7 Å². The fraction of sp³-hybridized carbons (Fsp3) is 0.360. The zero-order valence-electron chi connectivity index (χ0n) is 19.2. The Morgan fingerprint density at radius 3 is 2.31 bits per heavy atom. The number of amides is 1. The van der Waals surface area contributed by atoms with E-state index in [4.69, 9.17) is 9.47 Å². The Labute approximate surface area is 188 Å². The van der Waals surface area contributed by atoms with Crippen molar-refractivity contribution in [2.75, 3.05) is 41.4 Å². The first kappa shape index (κ1) is 23.3. The smallest absolute Gasteiger partial charge is 0.295 e. The number of ether oxygens (including phenoxy) is 2. The third kappa shape index (κ3) is 4.34. The van der Waals surface area contributed by atoms with Gasteiger partial charge in [-0.2, -0.15) is 0 Å². The molecule has 7 nitrogen and oxygen atoms in total. The maximum atomic E-state index is 13.1. The monoisotopic (exact) mass is 438 g/mol. The van der Waals surface area contributed by atoms with Gasteiger partial charge in [-0.25, -0.2) is 0 Å². The molecule has 1 N–H and O–H groups in total. The molecule has 1 heterocycles. The van der Waals surface area contributed by atoms with Gasteiger partial charge >= 0.3 is 0 Å². The van der Waals surface area contributed by atoms with E-state index in [9.17, 15) is 14.7 Å². The third-order valence-corrected chi connectivity index (χ3v) is 5.69. The second-order valence-corrected chi connectivity index (χ2v) is 7.93. The molecule has 2 aromatic carbocycles. The fourth-order valence-corrected chi connectivity index (χ4v) is 3.92. The number of para-hydroxylation sites is 1. The molecule has 0 spiro atoms. The maximum absolute atomic E-state index is 13.1. The third-order valence-electron chi connectivity index (χ3n) is 5.69. The van der Waals surface area contributed by atoms with Crippen LogP contribution in [0.2, 0.25) is 0 Å². The Morgan fingerprint density at radius 1 is 1.06 bits per heavy atom. The van der Waals surface area contributed by atoms with Crippen LogP contribution in [0.3, 0.4) is 0 Å². The van der Waals surface area contributed by atoms with Crippen molar-refractivity contribution in [2.24, 2.45) is 0 Å². The number of carbonyl (C=O) groups excluding carboxylic acids is 2. The number of aryl methyl sites for hydroxylation is 1.